The number of rotatable bonds is 4. The zero-order valence-corrected chi connectivity index (χ0v) is 20.0. The molecule has 8 heteroatoms. The molecule has 0 radical (unpaired) electrons. The van der Waals surface area contributed by atoms with Crippen molar-refractivity contribution in [1.29, 1.82) is 0 Å². The van der Waals surface area contributed by atoms with Crippen molar-refractivity contribution in [2.24, 2.45) is 10.7 Å². The van der Waals surface area contributed by atoms with Gasteiger partial charge in [-0.1, -0.05) is 59.8 Å². The molecule has 33 heavy (non-hydrogen) atoms. The summed E-state index contributed by atoms with van der Waals surface area (Å²) in [5, 5.41) is 4.37. The van der Waals surface area contributed by atoms with Gasteiger partial charge < -0.3 is 11.1 Å². The Hall–Kier alpha value is -3.13. The molecule has 5 nitrogen and oxygen atoms in total. The van der Waals surface area contributed by atoms with Crippen LogP contribution in [0, 0.1) is 6.92 Å². The molecule has 1 aliphatic heterocycles. The second kappa shape index (κ2) is 9.02. The largest absolute Gasteiger partial charge is 0.400 e. The van der Waals surface area contributed by atoms with Crippen LogP contribution in [0.4, 0.5) is 11.4 Å². The number of thiazole rings is 1. The van der Waals surface area contributed by atoms with E-state index >= 15 is 0 Å². The minimum Gasteiger partial charge on any atom is -0.400 e. The molecule has 0 spiro atoms. The molecule has 0 saturated heterocycles. The van der Waals surface area contributed by atoms with Crippen molar-refractivity contribution in [1.82, 2.24) is 4.98 Å². The molecular weight excluding hydrogens is 472 g/mol. The third-order valence-corrected chi connectivity index (χ3v) is 7.96. The van der Waals surface area contributed by atoms with Gasteiger partial charge in [-0.2, -0.15) is 0 Å². The molecule has 1 aromatic heterocycles. The van der Waals surface area contributed by atoms with E-state index in [9.17, 15) is 4.79 Å². The molecule has 0 saturated carbocycles. The summed E-state index contributed by atoms with van der Waals surface area (Å²) in [6.45, 7) is 1.87. The Morgan fingerprint density at radius 3 is 2.61 bits per heavy atom. The van der Waals surface area contributed by atoms with Gasteiger partial charge in [0.2, 0.25) is 5.91 Å². The van der Waals surface area contributed by atoms with Crippen molar-refractivity contribution < 1.29 is 4.79 Å². The maximum Gasteiger partial charge on any atom is 0.243 e. The number of anilines is 1. The van der Waals surface area contributed by atoms with Gasteiger partial charge in [-0.15, -0.1) is 11.3 Å². The molecule has 1 aliphatic rings. The number of benzene rings is 3. The Kier molecular flexibility index (Phi) is 5.93. The number of nitrogens with two attached hydrogens (primary N) is 1. The van der Waals surface area contributed by atoms with Crippen molar-refractivity contribution in [3.63, 3.8) is 0 Å². The lowest BCUT2D eigenvalue weighted by Crippen LogP contribution is -2.28. The van der Waals surface area contributed by atoms with Crippen LogP contribution in [0.3, 0.4) is 0 Å². The van der Waals surface area contributed by atoms with Crippen molar-refractivity contribution in [2.75, 3.05) is 5.32 Å². The highest BCUT2D eigenvalue weighted by Gasteiger charge is 2.37. The van der Waals surface area contributed by atoms with Gasteiger partial charge in [0.15, 0.2) is 0 Å². The number of fused-ring (bicyclic) bond motifs is 1. The van der Waals surface area contributed by atoms with E-state index in [1.165, 1.54) is 11.8 Å². The number of hydrogen-bond donors (Lipinski definition) is 2. The zero-order chi connectivity index (χ0) is 22.9. The maximum absolute atomic E-state index is 13.3. The molecule has 2 heterocycles. The van der Waals surface area contributed by atoms with Crippen LogP contribution in [0.5, 0.6) is 0 Å². The number of nitrogens with zero attached hydrogens (tertiary/aromatic N) is 2. The van der Waals surface area contributed by atoms with E-state index in [2.05, 4.69) is 5.32 Å². The van der Waals surface area contributed by atoms with Gasteiger partial charge in [0.1, 0.15) is 15.3 Å². The van der Waals surface area contributed by atoms with Crippen molar-refractivity contribution >= 4 is 72.8 Å². The second-order valence-electron chi connectivity index (χ2n) is 7.47. The van der Waals surface area contributed by atoms with Gasteiger partial charge in [0.25, 0.3) is 0 Å². The molecule has 5 rings (SSSR count). The van der Waals surface area contributed by atoms with Crippen LogP contribution in [-0.4, -0.2) is 21.2 Å². The lowest BCUT2D eigenvalue weighted by Gasteiger charge is -2.13. The number of carbonyl (C=O) groups excluding carboxylic acids is 1. The Morgan fingerprint density at radius 2 is 1.82 bits per heavy atom. The first-order chi connectivity index (χ1) is 16.0. The summed E-state index contributed by atoms with van der Waals surface area (Å²) in [4.78, 5) is 22.9. The summed E-state index contributed by atoms with van der Waals surface area (Å²) in [5.74, 6) is -0.222. The maximum atomic E-state index is 13.3. The minimum absolute atomic E-state index is 0.222. The van der Waals surface area contributed by atoms with Crippen LogP contribution in [0.2, 0.25) is 5.02 Å². The summed E-state index contributed by atoms with van der Waals surface area (Å²) in [7, 11) is 0. The number of hydrogen-bond acceptors (Lipinski definition) is 6. The summed E-state index contributed by atoms with van der Waals surface area (Å²) in [6.07, 6.45) is 0. The smallest absolute Gasteiger partial charge is 0.243 e. The predicted octanol–water partition coefficient (Wildman–Crippen LogP) is 6.41. The number of carbonyl (C=O) groups is 1. The van der Waals surface area contributed by atoms with E-state index in [0.29, 0.717) is 27.0 Å². The molecule has 0 bridgehead atoms. The highest BCUT2D eigenvalue weighted by Crippen LogP contribution is 2.42. The topological polar surface area (TPSA) is 80.4 Å². The van der Waals surface area contributed by atoms with E-state index in [1.54, 1.807) is 23.5 Å². The van der Waals surface area contributed by atoms with Crippen molar-refractivity contribution in [3.8, 4) is 0 Å². The number of para-hydroxylation sites is 2. The number of amides is 1. The van der Waals surface area contributed by atoms with E-state index in [0.717, 1.165) is 26.5 Å². The highest BCUT2D eigenvalue weighted by molar-refractivity contribution is 8.16. The number of thioether (sulfide) groups is 1. The first-order valence-electron chi connectivity index (χ1n) is 10.2. The molecule has 0 fully saturated rings. The summed E-state index contributed by atoms with van der Waals surface area (Å²) >= 11 is 9.10. The molecule has 0 unspecified atom stereocenters. The van der Waals surface area contributed by atoms with Crippen LogP contribution < -0.4 is 11.1 Å². The Bertz CT molecular complexity index is 1400. The average molecular weight is 491 g/mol. The molecule has 3 N–H and O–H groups in total. The number of aliphatic imine (C=N–C) groups is 1. The SMILES string of the molecule is Cc1c(Cl)cccc1NC(=O)[C@H]1SC(=Nc2ccccc2)C(c2nc3ccccc3s2)=C1N. The highest BCUT2D eigenvalue weighted by atomic mass is 35.5. The standard InChI is InChI=1S/C25H19ClN4OS2/c1-14-16(26)10-7-12-17(14)29-23(31)22-21(27)20(24(33-22)28-15-8-3-2-4-9-15)25-30-18-11-5-6-13-19(18)32-25/h2-13,22H,27H2,1H3,(H,29,31)/t22-/m0/s1. The quantitative estimate of drug-likeness (QED) is 0.346. The van der Waals surface area contributed by atoms with Gasteiger partial charge in [0, 0.05) is 16.4 Å². The molecular formula is C25H19ClN4OS2. The fourth-order valence-corrected chi connectivity index (χ4v) is 5.92. The fourth-order valence-electron chi connectivity index (χ4n) is 3.52. The van der Waals surface area contributed by atoms with Crippen LogP contribution in [0.1, 0.15) is 10.6 Å². The monoisotopic (exact) mass is 490 g/mol. The van der Waals surface area contributed by atoms with Crippen LogP contribution in [0.25, 0.3) is 15.8 Å². The number of nitrogens with one attached hydrogen (secondary N) is 1. The molecule has 3 aromatic carbocycles. The van der Waals surface area contributed by atoms with Gasteiger partial charge >= 0.3 is 0 Å². The van der Waals surface area contributed by atoms with Crippen molar-refractivity contribution in [3.05, 3.63) is 94.1 Å². The Balaban J connectivity index is 1.56. The van der Waals surface area contributed by atoms with E-state index < -0.39 is 5.25 Å². The number of aromatic nitrogens is 1. The summed E-state index contributed by atoms with van der Waals surface area (Å²) < 4.78 is 1.05. The lowest BCUT2D eigenvalue weighted by molar-refractivity contribution is -0.115. The van der Waals surface area contributed by atoms with E-state index in [1.807, 2.05) is 67.6 Å². The van der Waals surface area contributed by atoms with Crippen LogP contribution in [-0.2, 0) is 4.79 Å². The minimum atomic E-state index is -0.632. The fraction of sp³-hybridized carbons (Fsp3) is 0.0800. The number of halogens is 1. The third-order valence-electron chi connectivity index (χ3n) is 5.27. The molecule has 1 amide bonds. The van der Waals surface area contributed by atoms with Gasteiger partial charge in [-0.05, 0) is 48.9 Å². The van der Waals surface area contributed by atoms with Gasteiger partial charge in [0.05, 0.1) is 21.5 Å². The first kappa shape index (κ1) is 21.7. The van der Waals surface area contributed by atoms with Crippen LogP contribution >= 0.6 is 34.7 Å². The first-order valence-corrected chi connectivity index (χ1v) is 12.3. The normalized spacial score (nSPS) is 17.2. The Labute approximate surface area is 204 Å². The van der Waals surface area contributed by atoms with Gasteiger partial charge in [-0.3, -0.25) is 4.79 Å². The van der Waals surface area contributed by atoms with Crippen molar-refractivity contribution in [2.45, 2.75) is 12.2 Å². The second-order valence-corrected chi connectivity index (χ2v) is 10.0. The predicted molar refractivity (Wildman–Crippen MR) is 140 cm³/mol. The zero-order valence-electron chi connectivity index (χ0n) is 17.6. The van der Waals surface area contributed by atoms with E-state index in [-0.39, 0.29) is 5.91 Å². The van der Waals surface area contributed by atoms with Gasteiger partial charge in [-0.25, -0.2) is 9.98 Å². The lowest BCUT2D eigenvalue weighted by atomic mass is 10.1. The summed E-state index contributed by atoms with van der Waals surface area (Å²) in [5.41, 5.74) is 10.9. The average Bonchev–Trinajstić information content (AvgIpc) is 3.38. The third kappa shape index (κ3) is 4.27. The molecule has 0 aliphatic carbocycles. The van der Waals surface area contributed by atoms with Crippen LogP contribution in [0.15, 0.2) is 83.5 Å². The molecule has 1 atom stereocenters. The molecule has 4 aromatic rings. The van der Waals surface area contributed by atoms with E-state index in [4.69, 9.17) is 27.3 Å². The summed E-state index contributed by atoms with van der Waals surface area (Å²) in [6, 6.07) is 23.0. The Morgan fingerprint density at radius 1 is 1.06 bits per heavy atom. The molecule has 164 valence electrons.